The first kappa shape index (κ1) is 15.6. The topological polar surface area (TPSA) is 12.0 Å². The van der Waals surface area contributed by atoms with Gasteiger partial charge in [-0.1, -0.05) is 57.9 Å². The van der Waals surface area contributed by atoms with Gasteiger partial charge in [-0.3, -0.25) is 0 Å². The summed E-state index contributed by atoms with van der Waals surface area (Å²) in [5.41, 5.74) is 3.21. The number of aryl methyl sites for hydroxylation is 1. The predicted molar refractivity (Wildman–Crippen MR) is 88.3 cm³/mol. The lowest BCUT2D eigenvalue weighted by Crippen LogP contribution is -2.37. The molecule has 0 saturated heterocycles. The average Bonchev–Trinajstić information content (AvgIpc) is 2.46. The van der Waals surface area contributed by atoms with Crippen LogP contribution < -0.4 is 5.32 Å². The lowest BCUT2D eigenvalue weighted by Gasteiger charge is -2.34. The summed E-state index contributed by atoms with van der Waals surface area (Å²) < 4.78 is 0. The molecule has 0 fully saturated rings. The van der Waals surface area contributed by atoms with Gasteiger partial charge >= 0.3 is 0 Å². The molecule has 112 valence electrons. The first-order valence-corrected chi connectivity index (χ1v) is 8.57. The van der Waals surface area contributed by atoms with Gasteiger partial charge in [-0.05, 0) is 55.2 Å². The van der Waals surface area contributed by atoms with Crippen molar-refractivity contribution in [2.75, 3.05) is 6.54 Å². The van der Waals surface area contributed by atoms with E-state index in [2.05, 4.69) is 50.4 Å². The second-order valence-corrected chi connectivity index (χ2v) is 6.49. The molecule has 1 aromatic carbocycles. The van der Waals surface area contributed by atoms with E-state index in [1.807, 2.05) is 0 Å². The molecule has 0 radical (unpaired) electrons. The summed E-state index contributed by atoms with van der Waals surface area (Å²) in [6, 6.07) is 9.77. The van der Waals surface area contributed by atoms with Crippen molar-refractivity contribution in [1.82, 2.24) is 5.32 Å². The minimum Gasteiger partial charge on any atom is -0.314 e. The Hall–Kier alpha value is -0.820. The maximum absolute atomic E-state index is 3.78. The molecule has 1 heteroatoms. The van der Waals surface area contributed by atoms with Crippen molar-refractivity contribution in [1.29, 1.82) is 0 Å². The third-order valence-corrected chi connectivity index (χ3v) is 4.81. The van der Waals surface area contributed by atoms with Crippen molar-refractivity contribution in [3.8, 4) is 0 Å². The fourth-order valence-corrected chi connectivity index (χ4v) is 3.91. The summed E-state index contributed by atoms with van der Waals surface area (Å²) >= 11 is 0. The summed E-state index contributed by atoms with van der Waals surface area (Å²) in [5, 5.41) is 3.78. The zero-order valence-electron chi connectivity index (χ0n) is 13.5. The first-order valence-electron chi connectivity index (χ1n) is 8.57. The van der Waals surface area contributed by atoms with Gasteiger partial charge in [-0.15, -0.1) is 0 Å². The molecule has 1 nitrogen and oxygen atoms in total. The van der Waals surface area contributed by atoms with Crippen molar-refractivity contribution in [2.45, 2.75) is 71.3 Å². The minimum absolute atomic E-state index is 0.656. The van der Waals surface area contributed by atoms with Crippen molar-refractivity contribution >= 4 is 0 Å². The maximum Gasteiger partial charge on any atom is 0.0138 e. The fourth-order valence-electron chi connectivity index (χ4n) is 3.91. The maximum atomic E-state index is 3.78. The lowest BCUT2D eigenvalue weighted by molar-refractivity contribution is 0.324. The van der Waals surface area contributed by atoms with E-state index in [0.29, 0.717) is 6.04 Å². The molecule has 3 atom stereocenters. The molecular formula is C19H31N. The van der Waals surface area contributed by atoms with Gasteiger partial charge < -0.3 is 5.32 Å². The highest BCUT2D eigenvalue weighted by atomic mass is 14.9. The molecule has 3 unspecified atom stereocenters. The van der Waals surface area contributed by atoms with E-state index >= 15 is 0 Å². The second kappa shape index (κ2) is 7.83. The Morgan fingerprint density at radius 3 is 2.80 bits per heavy atom. The standard InChI is InChI=1S/C19H31N/c1-4-9-15(3)14-19(20-5-2)18-13-8-11-16-10-6-7-12-17(16)18/h6-7,10,12,15,18-20H,4-5,8-9,11,13-14H2,1-3H3. The molecule has 20 heavy (non-hydrogen) atoms. The van der Waals surface area contributed by atoms with Crippen LogP contribution >= 0.6 is 0 Å². The first-order chi connectivity index (χ1) is 9.76. The molecule has 0 spiro atoms. The number of hydrogen-bond acceptors (Lipinski definition) is 1. The van der Waals surface area contributed by atoms with Gasteiger partial charge in [0.2, 0.25) is 0 Å². The Morgan fingerprint density at radius 1 is 1.25 bits per heavy atom. The van der Waals surface area contributed by atoms with Crippen LogP contribution in [0.5, 0.6) is 0 Å². The van der Waals surface area contributed by atoms with Crippen molar-refractivity contribution in [2.24, 2.45) is 5.92 Å². The molecular weight excluding hydrogens is 242 g/mol. The smallest absolute Gasteiger partial charge is 0.0138 e. The van der Waals surface area contributed by atoms with E-state index in [4.69, 9.17) is 0 Å². The highest BCUT2D eigenvalue weighted by Gasteiger charge is 2.28. The van der Waals surface area contributed by atoms with Crippen LogP contribution in [0.25, 0.3) is 0 Å². The van der Waals surface area contributed by atoms with Crippen LogP contribution in [-0.2, 0) is 6.42 Å². The molecule has 1 aliphatic carbocycles. The van der Waals surface area contributed by atoms with E-state index < -0.39 is 0 Å². The number of rotatable bonds is 7. The number of likely N-dealkylation sites (N-methyl/N-ethyl adjacent to an activating group) is 1. The lowest BCUT2D eigenvalue weighted by atomic mass is 9.76. The van der Waals surface area contributed by atoms with Gasteiger partial charge in [0.15, 0.2) is 0 Å². The highest BCUT2D eigenvalue weighted by molar-refractivity contribution is 5.33. The van der Waals surface area contributed by atoms with Gasteiger partial charge in [-0.25, -0.2) is 0 Å². The van der Waals surface area contributed by atoms with Crippen LogP contribution in [-0.4, -0.2) is 12.6 Å². The van der Waals surface area contributed by atoms with Crippen LogP contribution in [0, 0.1) is 5.92 Å². The number of fused-ring (bicyclic) bond motifs is 1. The van der Waals surface area contributed by atoms with Gasteiger partial charge in [0.1, 0.15) is 0 Å². The SMILES string of the molecule is CCCC(C)CC(NCC)C1CCCc2ccccc21. The van der Waals surface area contributed by atoms with Crippen molar-refractivity contribution < 1.29 is 0 Å². The van der Waals surface area contributed by atoms with Crippen LogP contribution in [0.3, 0.4) is 0 Å². The summed E-state index contributed by atoms with van der Waals surface area (Å²) in [7, 11) is 0. The minimum atomic E-state index is 0.656. The molecule has 1 aromatic rings. The van der Waals surface area contributed by atoms with Crippen molar-refractivity contribution in [3.63, 3.8) is 0 Å². The van der Waals surface area contributed by atoms with Crippen LogP contribution in [0.2, 0.25) is 0 Å². The van der Waals surface area contributed by atoms with Gasteiger partial charge in [0.25, 0.3) is 0 Å². The average molecular weight is 273 g/mol. The zero-order chi connectivity index (χ0) is 14.4. The number of hydrogen-bond donors (Lipinski definition) is 1. The van der Waals surface area contributed by atoms with Gasteiger partial charge in [-0.2, -0.15) is 0 Å². The molecule has 0 heterocycles. The van der Waals surface area contributed by atoms with E-state index in [1.54, 1.807) is 11.1 Å². The summed E-state index contributed by atoms with van der Waals surface area (Å²) in [5.74, 6) is 1.55. The van der Waals surface area contributed by atoms with E-state index in [-0.39, 0.29) is 0 Å². The van der Waals surface area contributed by atoms with Crippen LogP contribution in [0.15, 0.2) is 24.3 Å². The summed E-state index contributed by atoms with van der Waals surface area (Å²) in [4.78, 5) is 0. The van der Waals surface area contributed by atoms with Crippen LogP contribution in [0.4, 0.5) is 0 Å². The zero-order valence-corrected chi connectivity index (χ0v) is 13.5. The third kappa shape index (κ3) is 3.85. The molecule has 0 bridgehead atoms. The predicted octanol–water partition coefficient (Wildman–Crippen LogP) is 4.91. The summed E-state index contributed by atoms with van der Waals surface area (Å²) in [6.07, 6.45) is 7.97. The Balaban J connectivity index is 2.13. The molecule has 0 amide bonds. The monoisotopic (exact) mass is 273 g/mol. The Labute approximate surface area is 125 Å². The van der Waals surface area contributed by atoms with Crippen LogP contribution in [0.1, 0.15) is 69.9 Å². The van der Waals surface area contributed by atoms with E-state index in [1.165, 1.54) is 38.5 Å². The second-order valence-electron chi connectivity index (χ2n) is 6.49. The highest BCUT2D eigenvalue weighted by Crippen LogP contribution is 2.36. The Morgan fingerprint density at radius 2 is 2.05 bits per heavy atom. The molecule has 0 aliphatic heterocycles. The third-order valence-electron chi connectivity index (χ3n) is 4.81. The van der Waals surface area contributed by atoms with Gasteiger partial charge in [0, 0.05) is 6.04 Å². The van der Waals surface area contributed by atoms with E-state index in [0.717, 1.165) is 18.4 Å². The van der Waals surface area contributed by atoms with Gasteiger partial charge in [0.05, 0.1) is 0 Å². The Bertz CT molecular complexity index is 399. The Kier molecular flexibility index (Phi) is 6.09. The molecule has 1 N–H and O–H groups in total. The molecule has 0 saturated carbocycles. The normalized spacial score (nSPS) is 21.2. The molecule has 2 rings (SSSR count). The van der Waals surface area contributed by atoms with Crippen molar-refractivity contribution in [3.05, 3.63) is 35.4 Å². The number of nitrogens with one attached hydrogen (secondary N) is 1. The van der Waals surface area contributed by atoms with E-state index in [9.17, 15) is 0 Å². The number of benzene rings is 1. The fraction of sp³-hybridized carbons (Fsp3) is 0.684. The molecule has 1 aliphatic rings. The largest absolute Gasteiger partial charge is 0.314 e. The quantitative estimate of drug-likeness (QED) is 0.744. The molecule has 0 aromatic heterocycles. The summed E-state index contributed by atoms with van der Waals surface area (Å²) in [6.45, 7) is 8.05.